The van der Waals surface area contributed by atoms with Crippen LogP contribution in [-0.2, 0) is 6.42 Å². The van der Waals surface area contributed by atoms with Crippen LogP contribution in [0.25, 0.3) is 27.9 Å². The fraction of sp³-hybridized carbons (Fsp3) is 0.120. The minimum absolute atomic E-state index is 0.0224. The van der Waals surface area contributed by atoms with Gasteiger partial charge in [-0.2, -0.15) is 5.10 Å². The van der Waals surface area contributed by atoms with Gasteiger partial charge in [-0.25, -0.2) is 4.68 Å². The van der Waals surface area contributed by atoms with Crippen LogP contribution in [0.1, 0.15) is 15.9 Å². The molecule has 1 aliphatic rings. The number of anilines is 1. The Morgan fingerprint density at radius 2 is 1.77 bits per heavy atom. The summed E-state index contributed by atoms with van der Waals surface area (Å²) in [5.41, 5.74) is 12.9. The van der Waals surface area contributed by atoms with Gasteiger partial charge in [0.2, 0.25) is 0 Å². The summed E-state index contributed by atoms with van der Waals surface area (Å²) >= 11 is 0. The molecule has 1 aromatic heterocycles. The summed E-state index contributed by atoms with van der Waals surface area (Å²) < 4.78 is 7.14. The molecule has 4 aromatic rings. The molecule has 2 heterocycles. The van der Waals surface area contributed by atoms with Crippen molar-refractivity contribution in [1.29, 1.82) is 0 Å². The molecular formula is C25H22N4O2. The molecule has 0 fully saturated rings. The number of hydrogen-bond donors (Lipinski definition) is 2. The van der Waals surface area contributed by atoms with E-state index >= 15 is 0 Å². The number of nitrogens with two attached hydrogens (primary N) is 1. The van der Waals surface area contributed by atoms with Crippen molar-refractivity contribution in [3.63, 3.8) is 0 Å². The number of nitrogens with zero attached hydrogens (tertiary/aromatic N) is 2. The van der Waals surface area contributed by atoms with E-state index in [9.17, 15) is 4.79 Å². The number of aromatic nitrogens is 2. The number of hydrogen-bond acceptors (Lipinski definition) is 4. The predicted molar refractivity (Wildman–Crippen MR) is 121 cm³/mol. The van der Waals surface area contributed by atoms with Crippen LogP contribution in [-0.4, -0.2) is 29.3 Å². The first-order chi connectivity index (χ1) is 15.1. The summed E-state index contributed by atoms with van der Waals surface area (Å²) in [5, 5.41) is 7.42. The number of nitrogen functional groups attached to an aromatic ring is 1. The lowest BCUT2D eigenvalue weighted by Crippen LogP contribution is -2.31. The highest BCUT2D eigenvalue weighted by atomic mass is 16.5. The SMILES string of the molecule is COc1cccc(-c2cccc(-n3cc(-c4ccc5c(c4)CCNC5=O)c(N)n3)c2)c1. The quantitative estimate of drug-likeness (QED) is 0.531. The number of rotatable bonds is 4. The van der Waals surface area contributed by atoms with Crippen molar-refractivity contribution in [3.05, 3.63) is 84.1 Å². The lowest BCUT2D eigenvalue weighted by atomic mass is 9.96. The number of fused-ring (bicyclic) bond motifs is 1. The topological polar surface area (TPSA) is 82.2 Å². The molecular weight excluding hydrogens is 388 g/mol. The van der Waals surface area contributed by atoms with Crippen LogP contribution in [0.3, 0.4) is 0 Å². The van der Waals surface area contributed by atoms with Crippen molar-refractivity contribution in [1.82, 2.24) is 15.1 Å². The van der Waals surface area contributed by atoms with Crippen LogP contribution in [0.5, 0.6) is 5.75 Å². The third-order valence-corrected chi connectivity index (χ3v) is 5.60. The molecule has 0 aliphatic carbocycles. The van der Waals surface area contributed by atoms with Crippen molar-refractivity contribution in [2.24, 2.45) is 0 Å². The molecule has 0 atom stereocenters. The van der Waals surface area contributed by atoms with Gasteiger partial charge in [-0.1, -0.05) is 36.4 Å². The molecule has 5 rings (SSSR count). The molecule has 6 nitrogen and oxygen atoms in total. The largest absolute Gasteiger partial charge is 0.497 e. The number of carbonyl (C=O) groups is 1. The summed E-state index contributed by atoms with van der Waals surface area (Å²) in [6.07, 6.45) is 2.75. The Morgan fingerprint density at radius 3 is 2.61 bits per heavy atom. The zero-order valence-electron chi connectivity index (χ0n) is 17.1. The monoisotopic (exact) mass is 410 g/mol. The predicted octanol–water partition coefficient (Wildman–Crippen LogP) is 4.08. The van der Waals surface area contributed by atoms with E-state index in [0.29, 0.717) is 12.4 Å². The van der Waals surface area contributed by atoms with E-state index in [4.69, 9.17) is 10.5 Å². The lowest BCUT2D eigenvalue weighted by molar-refractivity contribution is 0.0946. The highest BCUT2D eigenvalue weighted by molar-refractivity contribution is 5.97. The molecule has 0 radical (unpaired) electrons. The van der Waals surface area contributed by atoms with Crippen LogP contribution >= 0.6 is 0 Å². The fourth-order valence-corrected chi connectivity index (χ4v) is 3.97. The molecule has 1 aliphatic heterocycles. The van der Waals surface area contributed by atoms with Gasteiger partial charge in [0.05, 0.1) is 12.8 Å². The number of benzene rings is 3. The molecule has 0 saturated heterocycles. The molecule has 0 saturated carbocycles. The molecule has 6 heteroatoms. The van der Waals surface area contributed by atoms with Gasteiger partial charge in [0.15, 0.2) is 5.82 Å². The first kappa shape index (κ1) is 18.9. The maximum atomic E-state index is 12.0. The third-order valence-electron chi connectivity index (χ3n) is 5.60. The number of methoxy groups -OCH3 is 1. The van der Waals surface area contributed by atoms with Crippen molar-refractivity contribution >= 4 is 11.7 Å². The standard InChI is InChI=1S/C25H22N4O2/c1-31-21-7-3-5-17(14-21)16-4-2-6-20(13-16)29-15-23(24(26)28-29)18-8-9-22-19(12-18)10-11-27-25(22)30/h2-9,12-15H,10-11H2,1H3,(H2,26,28)(H,27,30). The third kappa shape index (κ3) is 3.53. The summed E-state index contributed by atoms with van der Waals surface area (Å²) in [5.74, 6) is 1.24. The molecule has 1 amide bonds. The van der Waals surface area contributed by atoms with Crippen molar-refractivity contribution in [2.45, 2.75) is 6.42 Å². The first-order valence-corrected chi connectivity index (χ1v) is 10.1. The molecule has 3 aromatic carbocycles. The lowest BCUT2D eigenvalue weighted by Gasteiger charge is -2.17. The van der Waals surface area contributed by atoms with Gasteiger partial charge in [0.25, 0.3) is 5.91 Å². The van der Waals surface area contributed by atoms with Gasteiger partial charge >= 0.3 is 0 Å². The second-order valence-corrected chi connectivity index (χ2v) is 7.53. The minimum Gasteiger partial charge on any atom is -0.497 e. The van der Waals surface area contributed by atoms with E-state index in [1.54, 1.807) is 11.8 Å². The normalized spacial score (nSPS) is 12.9. The highest BCUT2D eigenvalue weighted by Crippen LogP contribution is 2.30. The van der Waals surface area contributed by atoms with Crippen LogP contribution in [0.2, 0.25) is 0 Å². The molecule has 31 heavy (non-hydrogen) atoms. The Morgan fingerprint density at radius 1 is 0.968 bits per heavy atom. The summed E-state index contributed by atoms with van der Waals surface area (Å²) in [6, 6.07) is 21.9. The Balaban J connectivity index is 1.51. The number of carbonyl (C=O) groups excluding carboxylic acids is 1. The van der Waals surface area contributed by atoms with E-state index in [1.807, 2.05) is 60.8 Å². The van der Waals surface area contributed by atoms with Gasteiger partial charge in [-0.15, -0.1) is 0 Å². The second kappa shape index (κ2) is 7.65. The smallest absolute Gasteiger partial charge is 0.251 e. The maximum Gasteiger partial charge on any atom is 0.251 e. The molecule has 154 valence electrons. The van der Waals surface area contributed by atoms with E-state index in [-0.39, 0.29) is 5.91 Å². The van der Waals surface area contributed by atoms with E-state index in [2.05, 4.69) is 22.5 Å². The molecule has 0 spiro atoms. The number of amides is 1. The zero-order chi connectivity index (χ0) is 21.4. The van der Waals surface area contributed by atoms with Gasteiger partial charge in [-0.3, -0.25) is 4.79 Å². The number of ether oxygens (including phenoxy) is 1. The average Bonchev–Trinajstić information content (AvgIpc) is 3.21. The maximum absolute atomic E-state index is 12.0. The van der Waals surface area contributed by atoms with Crippen molar-refractivity contribution < 1.29 is 9.53 Å². The fourth-order valence-electron chi connectivity index (χ4n) is 3.97. The van der Waals surface area contributed by atoms with Crippen molar-refractivity contribution in [3.8, 4) is 33.7 Å². The highest BCUT2D eigenvalue weighted by Gasteiger charge is 2.18. The van der Waals surface area contributed by atoms with Gasteiger partial charge in [-0.05, 0) is 59.0 Å². The van der Waals surface area contributed by atoms with E-state index in [1.165, 1.54) is 0 Å². The Kier molecular flexibility index (Phi) is 4.67. The van der Waals surface area contributed by atoms with Gasteiger partial charge in [0.1, 0.15) is 5.75 Å². The first-order valence-electron chi connectivity index (χ1n) is 10.1. The molecule has 0 bridgehead atoms. The number of nitrogens with one attached hydrogen (secondary N) is 1. The van der Waals surface area contributed by atoms with Crippen molar-refractivity contribution in [2.75, 3.05) is 19.4 Å². The van der Waals surface area contributed by atoms with E-state index < -0.39 is 0 Å². The Labute approximate surface area is 180 Å². The summed E-state index contributed by atoms with van der Waals surface area (Å²) in [7, 11) is 1.66. The van der Waals surface area contributed by atoms with E-state index in [0.717, 1.165) is 51.2 Å². The van der Waals surface area contributed by atoms with Crippen LogP contribution < -0.4 is 15.8 Å². The minimum atomic E-state index is -0.0224. The van der Waals surface area contributed by atoms with Crippen LogP contribution in [0.15, 0.2) is 72.9 Å². The summed E-state index contributed by atoms with van der Waals surface area (Å²) in [4.78, 5) is 12.0. The molecule has 3 N–H and O–H groups in total. The van der Waals surface area contributed by atoms with Gasteiger partial charge < -0.3 is 15.8 Å². The molecule has 0 unspecified atom stereocenters. The second-order valence-electron chi connectivity index (χ2n) is 7.53. The average molecular weight is 410 g/mol. The van der Waals surface area contributed by atoms with Crippen LogP contribution in [0, 0.1) is 0 Å². The van der Waals surface area contributed by atoms with Gasteiger partial charge in [0, 0.05) is 23.9 Å². The zero-order valence-corrected chi connectivity index (χ0v) is 17.1. The summed E-state index contributed by atoms with van der Waals surface area (Å²) in [6.45, 7) is 0.654. The Bertz CT molecular complexity index is 1290. The Hall–Kier alpha value is -4.06. The van der Waals surface area contributed by atoms with Crippen LogP contribution in [0.4, 0.5) is 5.82 Å².